The molecule has 4 rings (SSSR count). The van der Waals surface area contributed by atoms with E-state index in [9.17, 15) is 14.4 Å². The Labute approximate surface area is 191 Å². The number of nitrogens with one attached hydrogen (secondary N) is 2. The molecule has 0 aliphatic carbocycles. The Kier molecular flexibility index (Phi) is 6.95. The molecule has 166 valence electrons. The maximum Gasteiger partial charge on any atom is 0.306 e. The van der Waals surface area contributed by atoms with Crippen LogP contribution in [0.25, 0.3) is 21.5 Å². The Morgan fingerprint density at radius 2 is 1.12 bits per heavy atom. The number of esters is 1. The normalized spacial score (nSPS) is 10.7. The van der Waals surface area contributed by atoms with Gasteiger partial charge in [0.05, 0.1) is 0 Å². The van der Waals surface area contributed by atoms with E-state index in [4.69, 9.17) is 4.74 Å². The van der Waals surface area contributed by atoms with Crippen LogP contribution in [-0.4, -0.2) is 24.4 Å². The van der Waals surface area contributed by atoms with Crippen molar-refractivity contribution in [3.8, 4) is 0 Å². The van der Waals surface area contributed by atoms with Crippen LogP contribution in [0.1, 0.15) is 19.3 Å². The van der Waals surface area contributed by atoms with E-state index in [-0.39, 0.29) is 25.4 Å². The average Bonchev–Trinajstić information content (AvgIpc) is 2.83. The minimum atomic E-state index is -0.513. The van der Waals surface area contributed by atoms with E-state index in [1.54, 1.807) is 6.07 Å². The molecule has 0 atom stereocenters. The molecule has 6 heteroatoms. The number of anilines is 2. The number of carbonyl (C=O) groups excluding carboxylic acids is 3. The van der Waals surface area contributed by atoms with Crippen LogP contribution in [-0.2, 0) is 19.1 Å². The molecule has 0 heterocycles. The molecule has 0 radical (unpaired) electrons. The first-order valence-electron chi connectivity index (χ1n) is 10.8. The van der Waals surface area contributed by atoms with Crippen LogP contribution in [0.2, 0.25) is 0 Å². The van der Waals surface area contributed by atoms with Gasteiger partial charge >= 0.3 is 5.97 Å². The van der Waals surface area contributed by atoms with Gasteiger partial charge in [-0.05, 0) is 29.3 Å². The largest absolute Gasteiger partial charge is 0.456 e. The molecule has 0 aliphatic heterocycles. The van der Waals surface area contributed by atoms with Crippen LogP contribution >= 0.6 is 0 Å². The van der Waals surface area contributed by atoms with Gasteiger partial charge in [0, 0.05) is 35.0 Å². The van der Waals surface area contributed by atoms with Gasteiger partial charge in [0.25, 0.3) is 5.91 Å². The molecule has 0 bridgehead atoms. The van der Waals surface area contributed by atoms with E-state index in [1.165, 1.54) is 0 Å². The number of rotatable bonds is 8. The lowest BCUT2D eigenvalue weighted by atomic mass is 10.1. The molecule has 4 aromatic rings. The van der Waals surface area contributed by atoms with Crippen LogP contribution in [0, 0.1) is 0 Å². The third-order valence-electron chi connectivity index (χ3n) is 5.28. The highest BCUT2D eigenvalue weighted by Crippen LogP contribution is 2.24. The third kappa shape index (κ3) is 5.74. The number of hydrogen-bond acceptors (Lipinski definition) is 4. The zero-order valence-corrected chi connectivity index (χ0v) is 18.0. The fourth-order valence-electron chi connectivity index (χ4n) is 3.68. The van der Waals surface area contributed by atoms with Crippen LogP contribution in [0.3, 0.4) is 0 Å². The summed E-state index contributed by atoms with van der Waals surface area (Å²) >= 11 is 0. The van der Waals surface area contributed by atoms with Crippen molar-refractivity contribution in [3.05, 3.63) is 84.9 Å². The molecule has 0 saturated carbocycles. The molecular weight excluding hydrogens is 416 g/mol. The maximum absolute atomic E-state index is 12.3. The zero-order chi connectivity index (χ0) is 23.0. The molecule has 0 unspecified atom stereocenters. The standard InChI is InChI=1S/C27H24N2O4/c30-25(28-23-14-5-10-19-8-1-3-12-21(19)23)16-7-17-27(32)33-18-26(31)29-24-15-6-11-20-9-2-4-13-22(20)24/h1-6,8-15H,7,16-18H2,(H,28,30)(H,29,31). The molecule has 4 aromatic carbocycles. The SMILES string of the molecule is O=C(CCCC(=O)OCC(=O)Nc1cccc2ccccc12)Nc1cccc2ccccc12. The highest BCUT2D eigenvalue weighted by molar-refractivity contribution is 6.03. The first-order valence-corrected chi connectivity index (χ1v) is 10.8. The second-order valence-corrected chi connectivity index (χ2v) is 7.66. The van der Waals surface area contributed by atoms with Gasteiger partial charge in [-0.15, -0.1) is 0 Å². The molecule has 2 N–H and O–H groups in total. The second-order valence-electron chi connectivity index (χ2n) is 7.66. The Bertz CT molecular complexity index is 1310. The maximum atomic E-state index is 12.3. The molecule has 33 heavy (non-hydrogen) atoms. The lowest BCUT2D eigenvalue weighted by molar-refractivity contribution is -0.147. The number of carbonyl (C=O) groups is 3. The number of benzene rings is 4. The summed E-state index contributed by atoms with van der Waals surface area (Å²) in [7, 11) is 0. The summed E-state index contributed by atoms with van der Waals surface area (Å²) in [4.78, 5) is 36.5. The van der Waals surface area contributed by atoms with Gasteiger partial charge in [-0.25, -0.2) is 0 Å². The summed E-state index contributed by atoms with van der Waals surface area (Å²) in [5.74, 6) is -1.10. The molecule has 0 fully saturated rings. The Balaban J connectivity index is 1.20. The monoisotopic (exact) mass is 440 g/mol. The van der Waals surface area contributed by atoms with E-state index in [2.05, 4.69) is 10.6 Å². The minimum absolute atomic E-state index is 0.0600. The first-order chi connectivity index (χ1) is 16.1. The van der Waals surface area contributed by atoms with Gasteiger partial charge in [0.15, 0.2) is 6.61 Å². The predicted molar refractivity (Wildman–Crippen MR) is 130 cm³/mol. The van der Waals surface area contributed by atoms with Crippen molar-refractivity contribution in [2.45, 2.75) is 19.3 Å². The Morgan fingerprint density at radius 3 is 1.73 bits per heavy atom. The van der Waals surface area contributed by atoms with E-state index >= 15 is 0 Å². The van der Waals surface area contributed by atoms with E-state index in [0.29, 0.717) is 12.1 Å². The zero-order valence-electron chi connectivity index (χ0n) is 18.0. The van der Waals surface area contributed by atoms with Crippen LogP contribution in [0.4, 0.5) is 11.4 Å². The fraction of sp³-hybridized carbons (Fsp3) is 0.148. The lowest BCUT2D eigenvalue weighted by Gasteiger charge is -2.10. The fourth-order valence-corrected chi connectivity index (χ4v) is 3.68. The Hall–Kier alpha value is -4.19. The summed E-state index contributed by atoms with van der Waals surface area (Å²) in [5, 5.41) is 9.60. The van der Waals surface area contributed by atoms with Crippen LogP contribution in [0.15, 0.2) is 84.9 Å². The van der Waals surface area contributed by atoms with Crippen molar-refractivity contribution in [1.82, 2.24) is 0 Å². The van der Waals surface area contributed by atoms with Crippen LogP contribution in [0.5, 0.6) is 0 Å². The van der Waals surface area contributed by atoms with Gasteiger partial charge in [0.1, 0.15) is 0 Å². The quantitative estimate of drug-likeness (QED) is 0.365. The van der Waals surface area contributed by atoms with Gasteiger partial charge in [-0.2, -0.15) is 0 Å². The van der Waals surface area contributed by atoms with E-state index in [0.717, 1.165) is 27.2 Å². The summed E-state index contributed by atoms with van der Waals surface area (Å²) < 4.78 is 5.06. The lowest BCUT2D eigenvalue weighted by Crippen LogP contribution is -2.21. The topological polar surface area (TPSA) is 84.5 Å². The van der Waals surface area contributed by atoms with Gasteiger partial charge in [0.2, 0.25) is 5.91 Å². The predicted octanol–water partition coefficient (Wildman–Crippen LogP) is 5.28. The van der Waals surface area contributed by atoms with Crippen molar-refractivity contribution in [2.75, 3.05) is 17.2 Å². The number of fused-ring (bicyclic) bond motifs is 2. The molecular formula is C27H24N2O4. The summed E-state index contributed by atoms with van der Waals surface area (Å²) in [5.41, 5.74) is 1.41. The van der Waals surface area contributed by atoms with Gasteiger partial charge < -0.3 is 15.4 Å². The molecule has 2 amide bonds. The molecule has 6 nitrogen and oxygen atoms in total. The number of hydrogen-bond donors (Lipinski definition) is 2. The van der Waals surface area contributed by atoms with E-state index in [1.807, 2.05) is 78.9 Å². The summed E-state index contributed by atoms with van der Waals surface area (Å²) in [6.45, 7) is -0.371. The van der Waals surface area contributed by atoms with Crippen molar-refractivity contribution in [1.29, 1.82) is 0 Å². The second kappa shape index (κ2) is 10.4. The highest BCUT2D eigenvalue weighted by atomic mass is 16.5. The molecule has 0 aromatic heterocycles. The van der Waals surface area contributed by atoms with Gasteiger partial charge in [-0.3, -0.25) is 14.4 Å². The first kappa shape index (κ1) is 22.0. The Morgan fingerprint density at radius 1 is 0.606 bits per heavy atom. The number of ether oxygens (including phenoxy) is 1. The minimum Gasteiger partial charge on any atom is -0.456 e. The van der Waals surface area contributed by atoms with Crippen molar-refractivity contribution < 1.29 is 19.1 Å². The average molecular weight is 440 g/mol. The molecule has 0 aliphatic rings. The van der Waals surface area contributed by atoms with Crippen LogP contribution < -0.4 is 10.6 Å². The summed E-state index contributed by atoms with van der Waals surface area (Å²) in [6.07, 6.45) is 0.575. The summed E-state index contributed by atoms with van der Waals surface area (Å²) in [6, 6.07) is 26.8. The van der Waals surface area contributed by atoms with E-state index < -0.39 is 11.9 Å². The van der Waals surface area contributed by atoms with Crippen molar-refractivity contribution >= 4 is 50.7 Å². The molecule has 0 spiro atoms. The highest BCUT2D eigenvalue weighted by Gasteiger charge is 2.11. The van der Waals surface area contributed by atoms with Crippen molar-refractivity contribution in [2.24, 2.45) is 0 Å². The third-order valence-corrected chi connectivity index (χ3v) is 5.28. The number of amides is 2. The smallest absolute Gasteiger partial charge is 0.306 e. The van der Waals surface area contributed by atoms with Crippen molar-refractivity contribution in [3.63, 3.8) is 0 Å². The molecule has 0 saturated heterocycles. The van der Waals surface area contributed by atoms with Gasteiger partial charge in [-0.1, -0.05) is 72.8 Å².